The van der Waals surface area contributed by atoms with Crippen LogP contribution in [0.4, 0.5) is 0 Å². The van der Waals surface area contributed by atoms with Gasteiger partial charge in [0, 0.05) is 51.7 Å². The highest BCUT2D eigenvalue weighted by atomic mass is 28.4. The monoisotopic (exact) mass is 578 g/mol. The van der Waals surface area contributed by atoms with E-state index in [-0.39, 0.29) is 0 Å². The molecule has 6 unspecified atom stereocenters. The van der Waals surface area contributed by atoms with Gasteiger partial charge < -0.3 is 36.0 Å². The quantitative estimate of drug-likeness (QED) is 0.132. The zero-order chi connectivity index (χ0) is 28.0. The summed E-state index contributed by atoms with van der Waals surface area (Å²) in [6.07, 6.45) is 7.64. The topological polar surface area (TPSA) is 73.8 Å². The lowest BCUT2D eigenvalue weighted by Gasteiger charge is -2.42. The Morgan fingerprint density at radius 3 is 1.03 bits per heavy atom. The van der Waals surface area contributed by atoms with Crippen molar-refractivity contribution in [3.8, 4) is 0 Å². The molecule has 0 bridgehead atoms. The minimum Gasteiger partial charge on any atom is -0.375 e. The highest BCUT2D eigenvalue weighted by molar-refractivity contribution is 6.61. The molecule has 6 atom stereocenters. The molecule has 8 nitrogen and oxygen atoms in total. The average Bonchev–Trinajstić information content (AvgIpc) is 2.83. The Bertz CT molecular complexity index is 530. The van der Waals surface area contributed by atoms with Crippen molar-refractivity contribution >= 4 is 17.6 Å². The summed E-state index contributed by atoms with van der Waals surface area (Å²) in [6.45, 7) is 20.1. The smallest absolute Gasteiger partial charge is 0.375 e. The van der Waals surface area contributed by atoms with Gasteiger partial charge in [0.1, 0.15) is 0 Å². The van der Waals surface area contributed by atoms with E-state index in [1.807, 2.05) is 41.5 Å². The molecular formula is C28H58O8Si2. The third-order valence-electron chi connectivity index (χ3n) is 7.67. The summed E-state index contributed by atoms with van der Waals surface area (Å²) in [5.74, 6) is 0.883. The van der Waals surface area contributed by atoms with Crippen molar-refractivity contribution < 1.29 is 36.0 Å². The van der Waals surface area contributed by atoms with Crippen molar-refractivity contribution in [2.24, 2.45) is 11.8 Å². The maximum Gasteiger partial charge on any atom is 0.500 e. The summed E-state index contributed by atoms with van der Waals surface area (Å²) >= 11 is 0. The molecule has 0 aliphatic carbocycles. The number of hydrogen-bond donors (Lipinski definition) is 0. The molecule has 0 saturated carbocycles. The summed E-state index contributed by atoms with van der Waals surface area (Å²) in [5, 5.41) is 0. The summed E-state index contributed by atoms with van der Waals surface area (Å²) < 4.78 is 49.6. The van der Waals surface area contributed by atoms with Crippen LogP contribution in [0.2, 0.25) is 12.1 Å². The van der Waals surface area contributed by atoms with Crippen LogP contribution in [0, 0.1) is 11.8 Å². The Labute approximate surface area is 235 Å². The molecular weight excluding hydrogens is 520 g/mol. The molecule has 226 valence electrons. The van der Waals surface area contributed by atoms with Crippen molar-refractivity contribution in [2.75, 3.05) is 39.6 Å². The predicted molar refractivity (Wildman–Crippen MR) is 154 cm³/mol. The van der Waals surface area contributed by atoms with Crippen LogP contribution in [-0.2, 0) is 36.0 Å². The summed E-state index contributed by atoms with van der Waals surface area (Å²) in [6, 6.07) is 1.64. The average molecular weight is 579 g/mol. The molecule has 0 aromatic heterocycles. The van der Waals surface area contributed by atoms with Crippen LogP contribution < -0.4 is 0 Å². The van der Waals surface area contributed by atoms with Crippen molar-refractivity contribution in [1.29, 1.82) is 0 Å². The van der Waals surface area contributed by atoms with E-state index < -0.39 is 17.6 Å². The molecule has 0 amide bonds. The molecule has 2 fully saturated rings. The van der Waals surface area contributed by atoms with Gasteiger partial charge in [-0.3, -0.25) is 0 Å². The molecule has 0 spiro atoms. The Morgan fingerprint density at radius 2 is 0.816 bits per heavy atom. The van der Waals surface area contributed by atoms with E-state index in [9.17, 15) is 0 Å². The molecule has 2 saturated heterocycles. The number of hydrogen-bond acceptors (Lipinski definition) is 8. The standard InChI is InChI=1S/C28H58O8Si2/c1-9-29-37(30-10-2,31-11-3)17-15-25(21-27-19-23(7)35-27)26(22-28-20-24(8)36-28)16-18-38(32-12-4,33-13-5)34-14-6/h23-28H,9-22H2,1-8H3. The Kier molecular flexibility index (Phi) is 16.1. The first-order valence-electron chi connectivity index (χ1n) is 15.4. The van der Waals surface area contributed by atoms with E-state index in [1.54, 1.807) is 0 Å². The fourth-order valence-electron chi connectivity index (χ4n) is 6.17. The first kappa shape index (κ1) is 34.3. The van der Waals surface area contributed by atoms with Gasteiger partial charge in [0.15, 0.2) is 0 Å². The largest absolute Gasteiger partial charge is 0.500 e. The third kappa shape index (κ3) is 10.8. The van der Waals surface area contributed by atoms with Gasteiger partial charge in [-0.15, -0.1) is 0 Å². The highest BCUT2D eigenvalue weighted by Gasteiger charge is 2.45. The van der Waals surface area contributed by atoms with Gasteiger partial charge in [0.2, 0.25) is 0 Å². The van der Waals surface area contributed by atoms with Crippen LogP contribution in [0.15, 0.2) is 0 Å². The fraction of sp³-hybridized carbons (Fsp3) is 1.00. The molecule has 0 aromatic rings. The molecule has 2 aliphatic heterocycles. The molecule has 0 aromatic carbocycles. The second-order valence-corrected chi connectivity index (χ2v) is 16.1. The van der Waals surface area contributed by atoms with Crippen molar-refractivity contribution in [3.05, 3.63) is 0 Å². The van der Waals surface area contributed by atoms with Crippen molar-refractivity contribution in [2.45, 2.75) is 130 Å². The van der Waals surface area contributed by atoms with Crippen molar-refractivity contribution in [3.63, 3.8) is 0 Å². The van der Waals surface area contributed by atoms with Crippen molar-refractivity contribution in [1.82, 2.24) is 0 Å². The molecule has 0 N–H and O–H groups in total. The van der Waals surface area contributed by atoms with Crippen LogP contribution in [0.5, 0.6) is 0 Å². The van der Waals surface area contributed by atoms with Crippen LogP contribution in [0.3, 0.4) is 0 Å². The molecule has 2 heterocycles. The Balaban J connectivity index is 2.26. The predicted octanol–water partition coefficient (Wildman–Crippen LogP) is 6.23. The maximum absolute atomic E-state index is 6.23. The van der Waals surface area contributed by atoms with Crippen LogP contribution in [-0.4, -0.2) is 81.7 Å². The van der Waals surface area contributed by atoms with Gasteiger partial charge in [-0.05, 0) is 106 Å². The van der Waals surface area contributed by atoms with E-state index in [0.717, 1.165) is 50.6 Å². The van der Waals surface area contributed by atoms with E-state index in [2.05, 4.69) is 13.8 Å². The number of ether oxygens (including phenoxy) is 2. The lowest BCUT2D eigenvalue weighted by atomic mass is 9.77. The zero-order valence-electron chi connectivity index (χ0n) is 25.6. The summed E-state index contributed by atoms with van der Waals surface area (Å²) in [4.78, 5) is 0. The van der Waals surface area contributed by atoms with Crippen LogP contribution in [0.25, 0.3) is 0 Å². The normalized spacial score (nSPS) is 25.6. The number of rotatable bonds is 23. The van der Waals surface area contributed by atoms with Crippen LogP contribution >= 0.6 is 0 Å². The highest BCUT2D eigenvalue weighted by Crippen LogP contribution is 2.40. The second-order valence-electron chi connectivity index (χ2n) is 10.6. The third-order valence-corrected chi connectivity index (χ3v) is 13.8. The van der Waals surface area contributed by atoms with E-state index in [0.29, 0.717) is 75.9 Å². The summed E-state index contributed by atoms with van der Waals surface area (Å²) in [7, 11) is -5.48. The van der Waals surface area contributed by atoms with E-state index >= 15 is 0 Å². The van der Waals surface area contributed by atoms with Gasteiger partial charge in [-0.1, -0.05) is 0 Å². The first-order valence-corrected chi connectivity index (χ1v) is 19.3. The lowest BCUT2D eigenvalue weighted by Crippen LogP contribution is -2.48. The van der Waals surface area contributed by atoms with E-state index in [1.165, 1.54) is 0 Å². The van der Waals surface area contributed by atoms with Gasteiger partial charge in [-0.25, -0.2) is 0 Å². The zero-order valence-corrected chi connectivity index (χ0v) is 27.6. The van der Waals surface area contributed by atoms with Gasteiger partial charge in [-0.2, -0.15) is 0 Å². The second kappa shape index (κ2) is 17.8. The van der Waals surface area contributed by atoms with E-state index in [4.69, 9.17) is 36.0 Å². The molecule has 10 heteroatoms. The molecule has 38 heavy (non-hydrogen) atoms. The minimum absolute atomic E-state index is 0.314. The lowest BCUT2D eigenvalue weighted by molar-refractivity contribution is -0.138. The molecule has 2 aliphatic rings. The SMILES string of the molecule is CCO[Si](CCC(CC1CC(C)O1)C(CC[Si](OCC)(OCC)OCC)CC1CC(C)O1)(OCC)OCC. The van der Waals surface area contributed by atoms with Crippen LogP contribution in [0.1, 0.15) is 93.9 Å². The van der Waals surface area contributed by atoms with Gasteiger partial charge in [0.25, 0.3) is 0 Å². The molecule has 0 radical (unpaired) electrons. The Hall–Kier alpha value is 0.114. The molecule has 2 rings (SSSR count). The van der Waals surface area contributed by atoms with Gasteiger partial charge in [0.05, 0.1) is 24.4 Å². The first-order chi connectivity index (χ1) is 18.3. The summed E-state index contributed by atoms with van der Waals surface area (Å²) in [5.41, 5.74) is 0. The minimum atomic E-state index is -2.74. The van der Waals surface area contributed by atoms with Gasteiger partial charge >= 0.3 is 17.6 Å². The Morgan fingerprint density at radius 1 is 0.553 bits per heavy atom. The maximum atomic E-state index is 6.23. The fourth-order valence-corrected chi connectivity index (χ4v) is 11.6.